The first-order valence-electron chi connectivity index (χ1n) is 7.64. The maximum atomic E-state index is 14.5. The second kappa shape index (κ2) is 6.17. The predicted octanol–water partition coefficient (Wildman–Crippen LogP) is 0.296. The Hall–Kier alpha value is -2.52. The Labute approximate surface area is 136 Å². The molecule has 1 unspecified atom stereocenters. The standard InChI is InChI=1S/C15H18FN5O3/c1-2-20-7-10(15(23)24)12(22)9-5-11(16)14(18-13(9)20)21-4-3-8(6-21)19-17/h5,7-8,19H,2-4,6,17H2,1H3,(H,23,24). The topological polar surface area (TPSA) is 113 Å². The van der Waals surface area contributed by atoms with E-state index < -0.39 is 22.8 Å². The van der Waals surface area contributed by atoms with Crippen molar-refractivity contribution in [2.75, 3.05) is 18.0 Å². The summed E-state index contributed by atoms with van der Waals surface area (Å²) >= 11 is 0. The van der Waals surface area contributed by atoms with Crippen LogP contribution in [0.1, 0.15) is 23.7 Å². The Morgan fingerprint density at radius 1 is 1.58 bits per heavy atom. The highest BCUT2D eigenvalue weighted by molar-refractivity contribution is 5.92. The Kier molecular flexibility index (Phi) is 4.20. The van der Waals surface area contributed by atoms with Gasteiger partial charge in [0.1, 0.15) is 11.2 Å². The molecule has 3 rings (SSSR count). The number of pyridine rings is 2. The quantitative estimate of drug-likeness (QED) is 0.544. The van der Waals surface area contributed by atoms with Crippen LogP contribution in [0.25, 0.3) is 11.0 Å². The van der Waals surface area contributed by atoms with E-state index in [0.717, 1.165) is 12.5 Å². The SMILES string of the molecule is CCn1cc(C(=O)O)c(=O)c2cc(F)c(N3CCC(NN)C3)nc21. The number of rotatable bonds is 4. The lowest BCUT2D eigenvalue weighted by Crippen LogP contribution is -2.37. The number of halogens is 1. The number of nitrogens with one attached hydrogen (secondary N) is 1. The van der Waals surface area contributed by atoms with Crippen LogP contribution in [0.3, 0.4) is 0 Å². The van der Waals surface area contributed by atoms with Crippen molar-refractivity contribution in [1.29, 1.82) is 0 Å². The number of hydrogen-bond acceptors (Lipinski definition) is 6. The number of carbonyl (C=O) groups is 1. The molecule has 1 fully saturated rings. The molecule has 1 atom stereocenters. The minimum absolute atomic E-state index is 0.0364. The van der Waals surface area contributed by atoms with Crippen molar-refractivity contribution in [3.8, 4) is 0 Å². The lowest BCUT2D eigenvalue weighted by Gasteiger charge is -2.19. The van der Waals surface area contributed by atoms with E-state index in [9.17, 15) is 14.0 Å². The molecule has 8 nitrogen and oxygen atoms in total. The number of aryl methyl sites for hydroxylation is 1. The summed E-state index contributed by atoms with van der Waals surface area (Å²) in [6.45, 7) is 3.30. The molecule has 3 heterocycles. The van der Waals surface area contributed by atoms with Crippen molar-refractivity contribution in [3.63, 3.8) is 0 Å². The number of nitrogens with two attached hydrogens (primary N) is 1. The van der Waals surface area contributed by atoms with Gasteiger partial charge in [-0.2, -0.15) is 0 Å². The van der Waals surface area contributed by atoms with E-state index in [1.165, 1.54) is 10.8 Å². The monoisotopic (exact) mass is 335 g/mol. The maximum Gasteiger partial charge on any atom is 0.341 e. The zero-order valence-corrected chi connectivity index (χ0v) is 13.1. The van der Waals surface area contributed by atoms with Gasteiger partial charge in [0, 0.05) is 31.9 Å². The molecule has 0 spiro atoms. The molecule has 128 valence electrons. The number of carboxylic acids is 1. The summed E-state index contributed by atoms with van der Waals surface area (Å²) in [4.78, 5) is 29.6. The van der Waals surface area contributed by atoms with Gasteiger partial charge in [-0.1, -0.05) is 0 Å². The molecule has 9 heteroatoms. The Morgan fingerprint density at radius 2 is 2.33 bits per heavy atom. The predicted molar refractivity (Wildman–Crippen MR) is 86.5 cm³/mol. The normalized spacial score (nSPS) is 17.6. The van der Waals surface area contributed by atoms with E-state index in [1.54, 1.807) is 11.8 Å². The van der Waals surface area contributed by atoms with Gasteiger partial charge in [0.15, 0.2) is 11.6 Å². The summed E-state index contributed by atoms with van der Waals surface area (Å²) in [6.07, 6.45) is 2.00. The van der Waals surface area contributed by atoms with Crippen LogP contribution in [0.15, 0.2) is 17.1 Å². The molecule has 1 aliphatic rings. The van der Waals surface area contributed by atoms with Gasteiger partial charge in [-0.05, 0) is 19.4 Å². The molecule has 1 saturated heterocycles. The third-order valence-electron chi connectivity index (χ3n) is 4.28. The summed E-state index contributed by atoms with van der Waals surface area (Å²) in [6, 6.07) is 1.12. The van der Waals surface area contributed by atoms with Crippen LogP contribution in [0.5, 0.6) is 0 Å². The highest BCUT2D eigenvalue weighted by Gasteiger charge is 2.26. The number of hydrazine groups is 1. The number of carboxylic acid groups (broad SMARTS) is 1. The molecule has 0 radical (unpaired) electrons. The average molecular weight is 335 g/mol. The highest BCUT2D eigenvalue weighted by atomic mass is 19.1. The first-order chi connectivity index (χ1) is 11.5. The van der Waals surface area contributed by atoms with Crippen molar-refractivity contribution in [1.82, 2.24) is 15.0 Å². The number of hydrogen-bond donors (Lipinski definition) is 3. The summed E-state index contributed by atoms with van der Waals surface area (Å²) in [5, 5.41) is 9.11. The van der Waals surface area contributed by atoms with Crippen LogP contribution >= 0.6 is 0 Å². The van der Waals surface area contributed by atoms with Crippen LogP contribution in [0, 0.1) is 5.82 Å². The van der Waals surface area contributed by atoms with Gasteiger partial charge in [0.25, 0.3) is 0 Å². The molecule has 0 bridgehead atoms. The zero-order valence-electron chi connectivity index (χ0n) is 13.1. The summed E-state index contributed by atoms with van der Waals surface area (Å²) in [5.41, 5.74) is 1.80. The Bertz CT molecular complexity index is 866. The van der Waals surface area contributed by atoms with Crippen LogP contribution in [-0.2, 0) is 6.54 Å². The second-order valence-electron chi connectivity index (χ2n) is 5.73. The van der Waals surface area contributed by atoms with Crippen LogP contribution in [-0.4, -0.2) is 39.8 Å². The number of aromatic nitrogens is 2. The van der Waals surface area contributed by atoms with E-state index in [1.807, 2.05) is 0 Å². The van der Waals surface area contributed by atoms with E-state index in [4.69, 9.17) is 10.9 Å². The second-order valence-corrected chi connectivity index (χ2v) is 5.73. The molecule has 4 N–H and O–H groups in total. The van der Waals surface area contributed by atoms with Gasteiger partial charge in [0.05, 0.1) is 5.39 Å². The lowest BCUT2D eigenvalue weighted by atomic mass is 10.2. The van der Waals surface area contributed by atoms with Gasteiger partial charge in [0.2, 0.25) is 5.43 Å². The van der Waals surface area contributed by atoms with Gasteiger partial charge >= 0.3 is 5.97 Å². The third-order valence-corrected chi connectivity index (χ3v) is 4.28. The Morgan fingerprint density at radius 3 is 2.92 bits per heavy atom. The average Bonchev–Trinajstić information content (AvgIpc) is 3.03. The Balaban J connectivity index is 2.19. The van der Waals surface area contributed by atoms with Crippen molar-refractivity contribution in [3.05, 3.63) is 33.9 Å². The first kappa shape index (κ1) is 16.3. The fourth-order valence-electron chi connectivity index (χ4n) is 2.98. The van der Waals surface area contributed by atoms with Crippen LogP contribution < -0.4 is 21.6 Å². The van der Waals surface area contributed by atoms with Crippen molar-refractivity contribution >= 4 is 22.8 Å². The number of nitrogens with zero attached hydrogens (tertiary/aromatic N) is 3. The van der Waals surface area contributed by atoms with Gasteiger partial charge < -0.3 is 14.6 Å². The fourth-order valence-corrected chi connectivity index (χ4v) is 2.98. The molecular weight excluding hydrogens is 317 g/mol. The molecule has 1 aliphatic heterocycles. The zero-order chi connectivity index (χ0) is 17.4. The van der Waals surface area contributed by atoms with Gasteiger partial charge in [-0.15, -0.1) is 0 Å². The minimum Gasteiger partial charge on any atom is -0.477 e. The summed E-state index contributed by atoms with van der Waals surface area (Å²) < 4.78 is 16.0. The van der Waals surface area contributed by atoms with E-state index >= 15 is 0 Å². The molecule has 0 amide bonds. The summed E-state index contributed by atoms with van der Waals surface area (Å²) in [7, 11) is 0. The molecular formula is C15H18FN5O3. The lowest BCUT2D eigenvalue weighted by molar-refractivity contribution is 0.0695. The smallest absolute Gasteiger partial charge is 0.341 e. The molecule has 24 heavy (non-hydrogen) atoms. The maximum absolute atomic E-state index is 14.5. The first-order valence-corrected chi connectivity index (χ1v) is 7.64. The van der Waals surface area contributed by atoms with Crippen molar-refractivity contribution in [2.45, 2.75) is 25.9 Å². The van der Waals surface area contributed by atoms with Crippen molar-refractivity contribution < 1.29 is 14.3 Å². The fraction of sp³-hybridized carbons (Fsp3) is 0.400. The molecule has 2 aromatic rings. The van der Waals surface area contributed by atoms with E-state index in [2.05, 4.69) is 10.4 Å². The highest BCUT2D eigenvalue weighted by Crippen LogP contribution is 2.24. The van der Waals surface area contributed by atoms with E-state index in [-0.39, 0.29) is 22.9 Å². The van der Waals surface area contributed by atoms with E-state index in [0.29, 0.717) is 19.6 Å². The summed E-state index contributed by atoms with van der Waals surface area (Å²) in [5.74, 6) is 3.57. The third kappa shape index (κ3) is 2.61. The molecule has 0 aliphatic carbocycles. The largest absolute Gasteiger partial charge is 0.477 e. The minimum atomic E-state index is -1.34. The number of aromatic carboxylic acids is 1. The van der Waals surface area contributed by atoms with Crippen molar-refractivity contribution in [2.24, 2.45) is 5.84 Å². The number of fused-ring (bicyclic) bond motifs is 1. The molecule has 0 saturated carbocycles. The van der Waals surface area contributed by atoms with Gasteiger partial charge in [-0.25, -0.2) is 14.2 Å². The molecule has 2 aromatic heterocycles. The number of anilines is 1. The van der Waals surface area contributed by atoms with Crippen LogP contribution in [0.2, 0.25) is 0 Å². The molecule has 0 aromatic carbocycles. The van der Waals surface area contributed by atoms with Crippen LogP contribution in [0.4, 0.5) is 10.2 Å². The van der Waals surface area contributed by atoms with Gasteiger partial charge in [-0.3, -0.25) is 16.1 Å².